The number of amides is 1. The van der Waals surface area contributed by atoms with Gasteiger partial charge in [-0.25, -0.2) is 8.42 Å². The van der Waals surface area contributed by atoms with E-state index < -0.39 is 22.0 Å². The van der Waals surface area contributed by atoms with E-state index >= 15 is 0 Å². The SMILES string of the molecule is CC(C)(C)c1ccc2c(c1)N(S(C)(=O)=O)CC(C(=O)Nc1cc(Cl)ccc1Oc1ccccc1)O2. The zero-order valence-electron chi connectivity index (χ0n) is 19.9. The Labute approximate surface area is 210 Å². The molecule has 1 atom stereocenters. The summed E-state index contributed by atoms with van der Waals surface area (Å²) in [5.74, 6) is 0.775. The van der Waals surface area contributed by atoms with Crippen molar-refractivity contribution in [2.24, 2.45) is 0 Å². The van der Waals surface area contributed by atoms with Gasteiger partial charge >= 0.3 is 0 Å². The number of ether oxygens (including phenoxy) is 2. The van der Waals surface area contributed by atoms with Crippen molar-refractivity contribution in [1.29, 1.82) is 0 Å². The number of benzene rings is 3. The Morgan fingerprint density at radius 3 is 2.46 bits per heavy atom. The van der Waals surface area contributed by atoms with Gasteiger partial charge in [-0.3, -0.25) is 9.10 Å². The number of para-hydroxylation sites is 1. The number of carbonyl (C=O) groups excluding carboxylic acids is 1. The number of anilines is 2. The van der Waals surface area contributed by atoms with Crippen molar-refractivity contribution in [3.8, 4) is 17.2 Å². The zero-order chi connectivity index (χ0) is 25.4. The van der Waals surface area contributed by atoms with Crippen LogP contribution >= 0.6 is 11.6 Å². The van der Waals surface area contributed by atoms with Gasteiger partial charge in [-0.2, -0.15) is 0 Å². The van der Waals surface area contributed by atoms with E-state index in [-0.39, 0.29) is 12.0 Å². The van der Waals surface area contributed by atoms with E-state index in [0.717, 1.165) is 11.8 Å². The molecule has 0 radical (unpaired) electrons. The van der Waals surface area contributed by atoms with Crippen molar-refractivity contribution in [3.63, 3.8) is 0 Å². The van der Waals surface area contributed by atoms with Gasteiger partial charge in [0.05, 0.1) is 24.2 Å². The van der Waals surface area contributed by atoms with Gasteiger partial charge in [-0.1, -0.05) is 56.6 Å². The van der Waals surface area contributed by atoms with Crippen molar-refractivity contribution in [2.75, 3.05) is 22.4 Å². The molecule has 184 valence electrons. The fourth-order valence-corrected chi connectivity index (χ4v) is 4.76. The first kappa shape index (κ1) is 24.9. The number of hydrogen-bond acceptors (Lipinski definition) is 5. The summed E-state index contributed by atoms with van der Waals surface area (Å²) in [6, 6.07) is 19.4. The largest absolute Gasteiger partial charge is 0.476 e. The molecule has 0 fully saturated rings. The second-order valence-corrected chi connectivity index (χ2v) is 11.7. The van der Waals surface area contributed by atoms with Crippen LogP contribution < -0.4 is 19.1 Å². The Bertz CT molecular complexity index is 1350. The summed E-state index contributed by atoms with van der Waals surface area (Å²) in [4.78, 5) is 13.2. The van der Waals surface area contributed by atoms with Gasteiger partial charge in [-0.05, 0) is 53.4 Å². The minimum Gasteiger partial charge on any atom is -0.476 e. The molecule has 0 saturated carbocycles. The van der Waals surface area contributed by atoms with Crippen LogP contribution in [0.3, 0.4) is 0 Å². The predicted molar refractivity (Wildman–Crippen MR) is 138 cm³/mol. The number of sulfonamides is 1. The minimum absolute atomic E-state index is 0.166. The number of carbonyl (C=O) groups is 1. The van der Waals surface area contributed by atoms with Crippen LogP contribution in [0.5, 0.6) is 17.2 Å². The standard InChI is InChI=1S/C26H27ClN2O5S/c1-26(2,3)17-10-12-23-21(14-17)29(35(4,31)32)16-24(34-23)25(30)28-20-15-18(27)11-13-22(20)33-19-8-6-5-7-9-19/h5-15,24H,16H2,1-4H3,(H,28,30). The Kier molecular flexibility index (Phi) is 6.71. The van der Waals surface area contributed by atoms with Crippen molar-refractivity contribution in [3.05, 3.63) is 77.3 Å². The molecule has 1 amide bonds. The van der Waals surface area contributed by atoms with Gasteiger partial charge in [0.15, 0.2) is 11.9 Å². The van der Waals surface area contributed by atoms with E-state index in [0.29, 0.717) is 33.6 Å². The third kappa shape index (κ3) is 5.71. The molecule has 0 spiro atoms. The van der Waals surface area contributed by atoms with E-state index in [1.165, 1.54) is 4.31 Å². The molecule has 4 rings (SSSR count). The Morgan fingerprint density at radius 1 is 1.09 bits per heavy atom. The quantitative estimate of drug-likeness (QED) is 0.479. The first-order chi connectivity index (χ1) is 16.4. The monoisotopic (exact) mass is 514 g/mol. The van der Waals surface area contributed by atoms with Gasteiger partial charge in [0.25, 0.3) is 5.91 Å². The molecule has 0 aromatic heterocycles. The summed E-state index contributed by atoms with van der Waals surface area (Å²) >= 11 is 6.16. The molecule has 3 aromatic rings. The number of halogens is 1. The van der Waals surface area contributed by atoms with Crippen LogP contribution in [0.2, 0.25) is 5.02 Å². The van der Waals surface area contributed by atoms with E-state index in [1.807, 2.05) is 45.0 Å². The van der Waals surface area contributed by atoms with Crippen LogP contribution in [0.1, 0.15) is 26.3 Å². The van der Waals surface area contributed by atoms with Crippen LogP contribution in [0, 0.1) is 0 Å². The number of hydrogen-bond donors (Lipinski definition) is 1. The highest BCUT2D eigenvalue weighted by molar-refractivity contribution is 7.92. The van der Waals surface area contributed by atoms with Crippen molar-refractivity contribution in [2.45, 2.75) is 32.3 Å². The van der Waals surface area contributed by atoms with Crippen LogP contribution in [0.25, 0.3) is 0 Å². The van der Waals surface area contributed by atoms with E-state index in [1.54, 1.807) is 42.5 Å². The summed E-state index contributed by atoms with van der Waals surface area (Å²) in [6.07, 6.45) is 0.0325. The van der Waals surface area contributed by atoms with E-state index in [2.05, 4.69) is 5.32 Å². The molecular formula is C26H27ClN2O5S. The van der Waals surface area contributed by atoms with E-state index in [9.17, 15) is 13.2 Å². The van der Waals surface area contributed by atoms with Crippen molar-refractivity contribution < 1.29 is 22.7 Å². The summed E-state index contributed by atoms with van der Waals surface area (Å²) in [5, 5.41) is 3.19. The molecule has 0 saturated heterocycles. The highest BCUT2D eigenvalue weighted by atomic mass is 35.5. The molecule has 1 heterocycles. The maximum absolute atomic E-state index is 13.2. The van der Waals surface area contributed by atoms with Crippen LogP contribution in [-0.2, 0) is 20.2 Å². The molecule has 1 unspecified atom stereocenters. The molecule has 9 heteroatoms. The molecule has 7 nitrogen and oxygen atoms in total. The molecule has 3 aromatic carbocycles. The molecular weight excluding hydrogens is 488 g/mol. The highest BCUT2D eigenvalue weighted by Crippen LogP contribution is 2.39. The average molecular weight is 515 g/mol. The van der Waals surface area contributed by atoms with Crippen molar-refractivity contribution >= 4 is 38.9 Å². The molecule has 1 aliphatic rings. The Morgan fingerprint density at radius 2 is 1.80 bits per heavy atom. The fraction of sp³-hybridized carbons (Fsp3) is 0.269. The number of fused-ring (bicyclic) bond motifs is 1. The van der Waals surface area contributed by atoms with Crippen LogP contribution in [0.4, 0.5) is 11.4 Å². The molecule has 1 N–H and O–H groups in total. The van der Waals surface area contributed by atoms with Gasteiger partial charge in [0, 0.05) is 5.02 Å². The first-order valence-corrected chi connectivity index (χ1v) is 13.3. The average Bonchev–Trinajstić information content (AvgIpc) is 2.79. The van der Waals surface area contributed by atoms with Crippen LogP contribution in [-0.4, -0.2) is 33.2 Å². The summed E-state index contributed by atoms with van der Waals surface area (Å²) < 4.78 is 38.4. The van der Waals surface area contributed by atoms with E-state index in [4.69, 9.17) is 21.1 Å². The minimum atomic E-state index is -3.67. The highest BCUT2D eigenvalue weighted by Gasteiger charge is 2.36. The van der Waals surface area contributed by atoms with Gasteiger partial charge in [0.1, 0.15) is 11.5 Å². The van der Waals surface area contributed by atoms with Crippen molar-refractivity contribution in [1.82, 2.24) is 0 Å². The summed E-state index contributed by atoms with van der Waals surface area (Å²) in [6.45, 7) is 5.96. The number of nitrogens with zero attached hydrogens (tertiary/aromatic N) is 1. The summed E-state index contributed by atoms with van der Waals surface area (Å²) in [7, 11) is -3.67. The fourth-order valence-electron chi connectivity index (χ4n) is 3.69. The maximum Gasteiger partial charge on any atom is 0.267 e. The second-order valence-electron chi connectivity index (χ2n) is 9.38. The van der Waals surface area contributed by atoms with Gasteiger partial charge < -0.3 is 14.8 Å². The third-order valence-corrected chi connectivity index (χ3v) is 6.94. The lowest BCUT2D eigenvalue weighted by Gasteiger charge is -2.35. The predicted octanol–water partition coefficient (Wildman–Crippen LogP) is 5.60. The Balaban J connectivity index is 1.62. The lowest BCUT2D eigenvalue weighted by molar-refractivity contribution is -0.122. The number of nitrogens with one attached hydrogen (secondary N) is 1. The first-order valence-electron chi connectivity index (χ1n) is 11.0. The zero-order valence-corrected chi connectivity index (χ0v) is 21.5. The molecule has 0 bridgehead atoms. The maximum atomic E-state index is 13.2. The summed E-state index contributed by atoms with van der Waals surface area (Å²) in [5.41, 5.74) is 1.53. The third-order valence-electron chi connectivity index (χ3n) is 5.56. The van der Waals surface area contributed by atoms with Gasteiger partial charge in [0.2, 0.25) is 10.0 Å². The molecule has 1 aliphatic heterocycles. The second kappa shape index (κ2) is 9.43. The lowest BCUT2D eigenvalue weighted by atomic mass is 9.86. The number of rotatable bonds is 5. The van der Waals surface area contributed by atoms with Gasteiger partial charge in [-0.15, -0.1) is 0 Å². The molecule has 0 aliphatic carbocycles. The Hall–Kier alpha value is -3.23. The smallest absolute Gasteiger partial charge is 0.267 e. The topological polar surface area (TPSA) is 84.9 Å². The van der Waals surface area contributed by atoms with Crippen LogP contribution in [0.15, 0.2) is 66.7 Å². The normalized spacial score (nSPS) is 15.7. The lowest BCUT2D eigenvalue weighted by Crippen LogP contribution is -2.48. The molecule has 35 heavy (non-hydrogen) atoms.